The Labute approximate surface area is 140 Å². The number of rotatable bonds is 2. The summed E-state index contributed by atoms with van der Waals surface area (Å²) < 4.78 is 2.47. The molecule has 0 aliphatic heterocycles. The van der Waals surface area contributed by atoms with Crippen molar-refractivity contribution in [3.63, 3.8) is 0 Å². The highest BCUT2D eigenvalue weighted by Gasteiger charge is 2.24. The molecule has 2 saturated carbocycles. The minimum Gasteiger partial charge on any atom is -0.0533 e. The number of benzene rings is 1. The third kappa shape index (κ3) is 3.32. The largest absolute Gasteiger partial charge is 0.0533 e. The van der Waals surface area contributed by atoms with E-state index in [1.54, 1.807) is 11.1 Å². The zero-order chi connectivity index (χ0) is 13.9. The minimum absolute atomic E-state index is 0.810. The Bertz CT molecular complexity index is 412. The van der Waals surface area contributed by atoms with Crippen molar-refractivity contribution < 1.29 is 0 Å². The van der Waals surface area contributed by atoms with Crippen molar-refractivity contribution in [1.82, 2.24) is 0 Å². The van der Waals surface area contributed by atoms with E-state index in [0.29, 0.717) is 0 Å². The van der Waals surface area contributed by atoms with Gasteiger partial charge in [-0.2, -0.15) is 0 Å². The van der Waals surface area contributed by atoms with Crippen LogP contribution in [0.5, 0.6) is 0 Å². The van der Waals surface area contributed by atoms with Crippen LogP contribution >= 0.6 is 31.9 Å². The molecule has 110 valence electrons. The first-order valence-corrected chi connectivity index (χ1v) is 9.83. The summed E-state index contributed by atoms with van der Waals surface area (Å²) in [6.45, 7) is 0. The molecule has 0 spiro atoms. The molecule has 2 fully saturated rings. The summed E-state index contributed by atoms with van der Waals surface area (Å²) in [5.74, 6) is 1.62. The summed E-state index contributed by atoms with van der Waals surface area (Å²) in [6.07, 6.45) is 14.1. The lowest BCUT2D eigenvalue weighted by molar-refractivity contribution is 0.418. The Hall–Kier alpha value is 0.180. The molecule has 0 nitrogen and oxygen atoms in total. The van der Waals surface area contributed by atoms with E-state index >= 15 is 0 Å². The smallest absolute Gasteiger partial charge is 0.0320 e. The van der Waals surface area contributed by atoms with Crippen LogP contribution in [0.2, 0.25) is 0 Å². The molecule has 0 radical (unpaired) electrons. The molecule has 0 saturated heterocycles. The highest BCUT2D eigenvalue weighted by Crippen LogP contribution is 2.43. The van der Waals surface area contributed by atoms with Crippen molar-refractivity contribution in [3.8, 4) is 0 Å². The van der Waals surface area contributed by atoms with Crippen LogP contribution in [0.15, 0.2) is 21.1 Å². The molecule has 0 heterocycles. The molecule has 2 heteroatoms. The second kappa shape index (κ2) is 6.96. The molecule has 1 aromatic carbocycles. The van der Waals surface area contributed by atoms with Crippen molar-refractivity contribution in [3.05, 3.63) is 32.2 Å². The molecular formula is C18H24Br2. The van der Waals surface area contributed by atoms with Gasteiger partial charge in [0.05, 0.1) is 0 Å². The molecule has 20 heavy (non-hydrogen) atoms. The summed E-state index contributed by atoms with van der Waals surface area (Å²) in [6, 6.07) is 4.84. The average molecular weight is 400 g/mol. The van der Waals surface area contributed by atoms with Crippen molar-refractivity contribution in [2.24, 2.45) is 0 Å². The van der Waals surface area contributed by atoms with Crippen molar-refractivity contribution >= 4 is 31.9 Å². The molecule has 3 rings (SSSR count). The predicted octanol–water partition coefficient (Wildman–Crippen LogP) is 7.31. The van der Waals surface area contributed by atoms with Gasteiger partial charge in [0.25, 0.3) is 0 Å². The van der Waals surface area contributed by atoms with Gasteiger partial charge < -0.3 is 0 Å². The van der Waals surface area contributed by atoms with Gasteiger partial charge in [0.2, 0.25) is 0 Å². The normalized spacial score (nSPS) is 22.1. The quantitative estimate of drug-likeness (QED) is 0.489. The van der Waals surface area contributed by atoms with Crippen LogP contribution < -0.4 is 0 Å². The maximum Gasteiger partial charge on any atom is 0.0320 e. The highest BCUT2D eigenvalue weighted by atomic mass is 79.9. The van der Waals surface area contributed by atoms with Crippen LogP contribution in [-0.4, -0.2) is 0 Å². The number of halogens is 2. The monoisotopic (exact) mass is 398 g/mol. The first kappa shape index (κ1) is 15.1. The van der Waals surface area contributed by atoms with Crippen molar-refractivity contribution in [1.29, 1.82) is 0 Å². The van der Waals surface area contributed by atoms with Gasteiger partial charge in [-0.3, -0.25) is 0 Å². The van der Waals surface area contributed by atoms with E-state index in [-0.39, 0.29) is 0 Å². The first-order valence-electron chi connectivity index (χ1n) is 8.24. The van der Waals surface area contributed by atoms with Crippen LogP contribution in [0.4, 0.5) is 0 Å². The molecular weight excluding hydrogens is 376 g/mol. The standard InChI is InChI=1S/C18H24Br2/c19-17-11-15(13-7-3-1-4-8-13)16(12-18(17)20)14-9-5-2-6-10-14/h11-14H,1-10H2. The highest BCUT2D eigenvalue weighted by molar-refractivity contribution is 9.13. The van der Waals surface area contributed by atoms with Crippen LogP contribution in [0.25, 0.3) is 0 Å². The summed E-state index contributed by atoms with van der Waals surface area (Å²) in [4.78, 5) is 0. The van der Waals surface area contributed by atoms with Gasteiger partial charge in [-0.1, -0.05) is 38.5 Å². The molecule has 2 aliphatic rings. The van der Waals surface area contributed by atoms with Gasteiger partial charge in [-0.15, -0.1) is 0 Å². The maximum absolute atomic E-state index is 3.72. The van der Waals surface area contributed by atoms with E-state index < -0.39 is 0 Å². The topological polar surface area (TPSA) is 0 Å². The zero-order valence-electron chi connectivity index (χ0n) is 12.1. The predicted molar refractivity (Wildman–Crippen MR) is 93.5 cm³/mol. The van der Waals surface area contributed by atoms with Crippen molar-refractivity contribution in [2.75, 3.05) is 0 Å². The Kier molecular flexibility index (Phi) is 5.25. The van der Waals surface area contributed by atoms with Gasteiger partial charge in [-0.05, 0) is 92.6 Å². The third-order valence-corrected chi connectivity index (χ3v) is 7.06. The van der Waals surface area contributed by atoms with E-state index in [2.05, 4.69) is 44.0 Å². The van der Waals surface area contributed by atoms with E-state index in [4.69, 9.17) is 0 Å². The fourth-order valence-electron chi connectivity index (χ4n) is 4.11. The summed E-state index contributed by atoms with van der Waals surface area (Å²) in [5, 5.41) is 0. The van der Waals surface area contributed by atoms with Crippen LogP contribution in [-0.2, 0) is 0 Å². The Balaban J connectivity index is 1.94. The van der Waals surface area contributed by atoms with Gasteiger partial charge in [0, 0.05) is 8.95 Å². The Morgan fingerprint density at radius 3 is 1.30 bits per heavy atom. The third-order valence-electron chi connectivity index (χ3n) is 5.22. The van der Waals surface area contributed by atoms with Crippen molar-refractivity contribution in [2.45, 2.75) is 76.0 Å². The lowest BCUT2D eigenvalue weighted by Crippen LogP contribution is -2.12. The molecule has 0 amide bonds. The fourth-order valence-corrected chi connectivity index (χ4v) is 4.83. The molecule has 0 atom stereocenters. The SMILES string of the molecule is Brc1cc(C2CCCCC2)c(C2CCCCC2)cc1Br. The molecule has 0 unspecified atom stereocenters. The molecule has 0 aromatic heterocycles. The number of hydrogen-bond acceptors (Lipinski definition) is 0. The minimum atomic E-state index is 0.810. The van der Waals surface area contributed by atoms with E-state index in [0.717, 1.165) is 11.8 Å². The maximum atomic E-state index is 3.72. The molecule has 2 aliphatic carbocycles. The van der Waals surface area contributed by atoms with E-state index in [9.17, 15) is 0 Å². The number of hydrogen-bond donors (Lipinski definition) is 0. The van der Waals surface area contributed by atoms with E-state index in [1.807, 2.05) is 0 Å². The summed E-state index contributed by atoms with van der Waals surface area (Å²) >= 11 is 7.45. The Morgan fingerprint density at radius 2 is 0.950 bits per heavy atom. The van der Waals surface area contributed by atoms with Gasteiger partial charge >= 0.3 is 0 Å². The molecule has 1 aromatic rings. The summed E-state index contributed by atoms with van der Waals surface area (Å²) in [5.41, 5.74) is 3.32. The average Bonchev–Trinajstić information content (AvgIpc) is 2.51. The van der Waals surface area contributed by atoms with Gasteiger partial charge in [0.15, 0.2) is 0 Å². The van der Waals surface area contributed by atoms with Crippen LogP contribution in [0, 0.1) is 0 Å². The zero-order valence-corrected chi connectivity index (χ0v) is 15.3. The fraction of sp³-hybridized carbons (Fsp3) is 0.667. The first-order chi connectivity index (χ1) is 9.75. The van der Waals surface area contributed by atoms with Crippen LogP contribution in [0.1, 0.15) is 87.2 Å². The van der Waals surface area contributed by atoms with Gasteiger partial charge in [-0.25, -0.2) is 0 Å². The Morgan fingerprint density at radius 1 is 0.600 bits per heavy atom. The lowest BCUT2D eigenvalue weighted by Gasteiger charge is -2.30. The molecule has 0 N–H and O–H groups in total. The van der Waals surface area contributed by atoms with Crippen LogP contribution in [0.3, 0.4) is 0 Å². The second-order valence-corrected chi connectivity index (χ2v) is 8.27. The van der Waals surface area contributed by atoms with E-state index in [1.165, 1.54) is 73.2 Å². The van der Waals surface area contributed by atoms with Gasteiger partial charge in [0.1, 0.15) is 0 Å². The molecule has 0 bridgehead atoms. The lowest BCUT2D eigenvalue weighted by atomic mass is 9.76. The second-order valence-electron chi connectivity index (χ2n) is 6.57. The summed E-state index contributed by atoms with van der Waals surface area (Å²) in [7, 11) is 0.